The first-order valence-corrected chi connectivity index (χ1v) is 11.7. The van der Waals surface area contributed by atoms with Crippen molar-refractivity contribution in [3.05, 3.63) is 0 Å². The molecule has 0 saturated carbocycles. The van der Waals surface area contributed by atoms with E-state index in [4.69, 9.17) is 4.74 Å². The smallest absolute Gasteiger partial charge is 0.790 e. The van der Waals surface area contributed by atoms with E-state index in [9.17, 15) is 19.1 Å². The van der Waals surface area contributed by atoms with Gasteiger partial charge in [-0.15, -0.1) is 0 Å². The molecule has 0 aromatic rings. The number of esters is 1. The number of unbranched alkanes of at least 4 members (excludes halogenated alkanes) is 9. The normalized spacial score (nSPS) is 12.0. The summed E-state index contributed by atoms with van der Waals surface area (Å²) in [6, 6.07) is 0. The van der Waals surface area contributed by atoms with Crippen molar-refractivity contribution in [2.75, 3.05) is 13.2 Å². The van der Waals surface area contributed by atoms with Crippen LogP contribution in [0, 0.1) is 5.92 Å². The van der Waals surface area contributed by atoms with Gasteiger partial charge in [0.1, 0.15) is 6.61 Å². The monoisotopic (exact) mass is 438 g/mol. The fourth-order valence-electron chi connectivity index (χ4n) is 3.02. The minimum Gasteiger partial charge on any atom is -0.790 e. The van der Waals surface area contributed by atoms with Crippen LogP contribution in [-0.4, -0.2) is 19.2 Å². The van der Waals surface area contributed by atoms with Crippen LogP contribution in [0.4, 0.5) is 0 Å². The summed E-state index contributed by atoms with van der Waals surface area (Å²) in [6.45, 7) is 3.64. The van der Waals surface area contributed by atoms with Crippen molar-refractivity contribution in [1.29, 1.82) is 0 Å². The van der Waals surface area contributed by atoms with E-state index in [0.29, 0.717) is 0 Å². The number of phosphoric acid groups is 1. The van der Waals surface area contributed by atoms with Gasteiger partial charge >= 0.3 is 65.1 Å². The van der Waals surface area contributed by atoms with Crippen LogP contribution in [0.5, 0.6) is 0 Å². The molecule has 0 aromatic carbocycles. The molecule has 156 valence electrons. The maximum atomic E-state index is 12.0. The Balaban J connectivity index is -0.00000312. The average molecular weight is 438 g/mol. The molecule has 0 amide bonds. The second-order valence-electron chi connectivity index (χ2n) is 6.90. The van der Waals surface area contributed by atoms with E-state index in [1.807, 2.05) is 6.92 Å². The number of phosphoric ester groups is 1. The molecule has 0 aliphatic rings. The van der Waals surface area contributed by atoms with Crippen molar-refractivity contribution >= 4 is 13.8 Å². The van der Waals surface area contributed by atoms with Crippen molar-refractivity contribution in [3.8, 4) is 0 Å². The Bertz CT molecular complexity index is 393. The average Bonchev–Trinajstić information content (AvgIpc) is 2.58. The quantitative estimate of drug-likeness (QED) is 0.107. The minimum absolute atomic E-state index is 0. The third-order valence-corrected chi connectivity index (χ3v) is 4.95. The van der Waals surface area contributed by atoms with Crippen LogP contribution in [-0.2, 0) is 18.6 Å². The zero-order valence-electron chi connectivity index (χ0n) is 18.6. The Morgan fingerprint density at radius 1 is 0.786 bits per heavy atom. The molecule has 1 unspecified atom stereocenters. The van der Waals surface area contributed by atoms with Gasteiger partial charge in [0, 0.05) is 0 Å². The maximum absolute atomic E-state index is 12.0. The third-order valence-electron chi connectivity index (χ3n) is 4.45. The molecule has 0 bridgehead atoms. The molecule has 1 atom stereocenters. The van der Waals surface area contributed by atoms with Crippen molar-refractivity contribution in [2.24, 2.45) is 5.92 Å². The van der Waals surface area contributed by atoms with Crippen LogP contribution < -0.4 is 68.9 Å². The summed E-state index contributed by atoms with van der Waals surface area (Å²) in [6.07, 6.45) is 15.0. The van der Waals surface area contributed by atoms with Gasteiger partial charge in [0.05, 0.1) is 20.3 Å². The molecule has 0 aromatic heterocycles. The van der Waals surface area contributed by atoms with Crippen LogP contribution in [0.2, 0.25) is 0 Å². The van der Waals surface area contributed by atoms with Gasteiger partial charge in [-0.25, -0.2) is 0 Å². The molecular formula is C19H37Na2O6P. The molecule has 0 rings (SSSR count). The summed E-state index contributed by atoms with van der Waals surface area (Å²) in [7, 11) is -4.99. The Kier molecular flexibility index (Phi) is 28.4. The van der Waals surface area contributed by atoms with E-state index < -0.39 is 14.4 Å². The number of ether oxygens (including phenoxy) is 1. The molecule has 0 aliphatic heterocycles. The second kappa shape index (κ2) is 23.2. The van der Waals surface area contributed by atoms with Crippen LogP contribution in [0.1, 0.15) is 97.3 Å². The number of hydrogen-bond acceptors (Lipinski definition) is 6. The predicted molar refractivity (Wildman–Crippen MR) is 99.4 cm³/mol. The molecule has 28 heavy (non-hydrogen) atoms. The van der Waals surface area contributed by atoms with E-state index >= 15 is 0 Å². The van der Waals surface area contributed by atoms with Gasteiger partial charge in [-0.1, -0.05) is 84.5 Å². The third kappa shape index (κ3) is 23.9. The molecule has 0 spiro atoms. The van der Waals surface area contributed by atoms with Crippen LogP contribution >= 0.6 is 7.82 Å². The van der Waals surface area contributed by atoms with Crippen molar-refractivity contribution in [1.82, 2.24) is 0 Å². The van der Waals surface area contributed by atoms with Crippen molar-refractivity contribution in [2.45, 2.75) is 97.3 Å². The van der Waals surface area contributed by atoms with Gasteiger partial charge in [-0.3, -0.25) is 4.79 Å². The molecule has 0 saturated heterocycles. The molecule has 0 radical (unpaired) electrons. The van der Waals surface area contributed by atoms with E-state index in [1.54, 1.807) is 0 Å². The van der Waals surface area contributed by atoms with Crippen LogP contribution in [0.3, 0.4) is 0 Å². The van der Waals surface area contributed by atoms with Crippen LogP contribution in [0.15, 0.2) is 0 Å². The zero-order valence-corrected chi connectivity index (χ0v) is 23.5. The summed E-state index contributed by atoms with van der Waals surface area (Å²) >= 11 is 0. The summed E-state index contributed by atoms with van der Waals surface area (Å²) in [5.41, 5.74) is 0. The van der Waals surface area contributed by atoms with E-state index in [-0.39, 0.29) is 77.6 Å². The molecular weight excluding hydrogens is 401 g/mol. The SMILES string of the molecule is CCCCCCCCCCCCC(CCC)C(=O)OCCOP(=O)([O-])[O-].[Na+].[Na+]. The molecule has 0 fully saturated rings. The topological polar surface area (TPSA) is 98.7 Å². The van der Waals surface area contributed by atoms with Gasteiger partial charge < -0.3 is 23.6 Å². The Hall–Kier alpha value is 1.58. The summed E-state index contributed by atoms with van der Waals surface area (Å²) in [5, 5.41) is 0. The number of carbonyl (C=O) groups is 1. The first kappa shape index (κ1) is 34.2. The summed E-state index contributed by atoms with van der Waals surface area (Å²) in [4.78, 5) is 32.7. The number of rotatable bonds is 18. The molecule has 0 N–H and O–H groups in total. The predicted octanol–water partition coefficient (Wildman–Crippen LogP) is -1.89. The van der Waals surface area contributed by atoms with E-state index in [1.165, 1.54) is 51.4 Å². The van der Waals surface area contributed by atoms with Gasteiger partial charge in [0.15, 0.2) is 0 Å². The summed E-state index contributed by atoms with van der Waals surface area (Å²) in [5.74, 6) is -0.474. The first-order chi connectivity index (χ1) is 12.4. The Labute approximate surface area is 216 Å². The van der Waals surface area contributed by atoms with Crippen molar-refractivity contribution in [3.63, 3.8) is 0 Å². The Morgan fingerprint density at radius 3 is 1.75 bits per heavy atom. The molecule has 6 nitrogen and oxygen atoms in total. The van der Waals surface area contributed by atoms with Gasteiger partial charge in [0.25, 0.3) is 0 Å². The van der Waals surface area contributed by atoms with E-state index in [2.05, 4.69) is 11.4 Å². The molecule has 0 heterocycles. The second-order valence-corrected chi connectivity index (χ2v) is 8.06. The van der Waals surface area contributed by atoms with Crippen molar-refractivity contribution < 1.29 is 87.5 Å². The Morgan fingerprint density at radius 2 is 1.29 bits per heavy atom. The van der Waals surface area contributed by atoms with Gasteiger partial charge in [-0.2, -0.15) is 0 Å². The number of carbonyl (C=O) groups excluding carboxylic acids is 1. The fraction of sp³-hybridized carbons (Fsp3) is 0.947. The minimum atomic E-state index is -4.99. The number of hydrogen-bond donors (Lipinski definition) is 0. The van der Waals surface area contributed by atoms with E-state index in [0.717, 1.165) is 32.1 Å². The van der Waals surface area contributed by atoms with Gasteiger partial charge in [0.2, 0.25) is 0 Å². The standard InChI is InChI=1S/C19H39O6P.2Na/c1-3-5-6-7-8-9-10-11-12-13-15-18(14-4-2)19(20)24-16-17-25-26(21,22)23;;/h18H,3-17H2,1-2H3,(H2,21,22,23);;/q;2*+1/p-2. The zero-order chi connectivity index (χ0) is 19.7. The largest absolute Gasteiger partial charge is 1.00 e. The molecule has 0 aliphatic carbocycles. The summed E-state index contributed by atoms with van der Waals surface area (Å²) < 4.78 is 19.4. The van der Waals surface area contributed by atoms with Crippen LogP contribution in [0.25, 0.3) is 0 Å². The fourth-order valence-corrected chi connectivity index (χ4v) is 3.31. The first-order valence-electron chi connectivity index (χ1n) is 10.2. The molecule has 9 heteroatoms. The maximum Gasteiger partial charge on any atom is 1.00 e. The van der Waals surface area contributed by atoms with Gasteiger partial charge in [-0.05, 0) is 12.8 Å².